The summed E-state index contributed by atoms with van der Waals surface area (Å²) in [5, 5.41) is 2.59. The molecule has 1 spiro atoms. The molecule has 59 heavy (non-hydrogen) atoms. The monoisotopic (exact) mass is 767 g/mol. The van der Waals surface area contributed by atoms with Crippen LogP contribution in [0.4, 0.5) is 17.1 Å². The molecule has 0 unspecified atom stereocenters. The quantitative estimate of drug-likeness (QED) is 0.172. The van der Waals surface area contributed by atoms with Gasteiger partial charge in [-0.05, 0) is 128 Å². The van der Waals surface area contributed by atoms with Crippen molar-refractivity contribution in [3.63, 3.8) is 0 Å². The van der Waals surface area contributed by atoms with Crippen LogP contribution in [-0.4, -0.2) is 0 Å². The Kier molecular flexibility index (Phi) is 6.73. The third kappa shape index (κ3) is 4.29. The molecule has 0 aliphatic heterocycles. The van der Waals surface area contributed by atoms with Crippen LogP contribution in [0.5, 0.6) is 0 Å². The fourth-order valence-corrected chi connectivity index (χ4v) is 12.4. The molecule has 9 aromatic carbocycles. The number of fused-ring (bicyclic) bond motifs is 16. The average Bonchev–Trinajstić information content (AvgIpc) is 3.99. The molecular weight excluding hydrogens is 731 g/mol. The zero-order valence-electron chi connectivity index (χ0n) is 32.5. The van der Waals surface area contributed by atoms with E-state index in [1.807, 2.05) is 11.3 Å². The molecular formula is C57H37NS. The average molecular weight is 768 g/mol. The molecule has 3 aliphatic carbocycles. The molecule has 0 N–H and O–H groups in total. The Morgan fingerprint density at radius 2 is 0.814 bits per heavy atom. The molecule has 0 saturated carbocycles. The van der Waals surface area contributed by atoms with Crippen LogP contribution in [-0.2, 0) is 10.8 Å². The van der Waals surface area contributed by atoms with Gasteiger partial charge in [0.15, 0.2) is 0 Å². The molecule has 276 valence electrons. The number of para-hydroxylation sites is 1. The number of hydrogen-bond acceptors (Lipinski definition) is 2. The van der Waals surface area contributed by atoms with E-state index in [-0.39, 0.29) is 5.41 Å². The molecule has 10 aromatic rings. The highest BCUT2D eigenvalue weighted by Crippen LogP contribution is 2.63. The minimum atomic E-state index is -0.403. The number of hydrogen-bond donors (Lipinski definition) is 0. The zero-order chi connectivity index (χ0) is 38.9. The second kappa shape index (κ2) is 12.0. The third-order valence-corrected chi connectivity index (χ3v) is 14.9. The zero-order valence-corrected chi connectivity index (χ0v) is 33.3. The molecule has 0 radical (unpaired) electrons. The Morgan fingerprint density at radius 3 is 1.41 bits per heavy atom. The predicted molar refractivity (Wildman–Crippen MR) is 248 cm³/mol. The van der Waals surface area contributed by atoms with Crippen molar-refractivity contribution in [1.29, 1.82) is 0 Å². The summed E-state index contributed by atoms with van der Waals surface area (Å²) in [7, 11) is 0. The van der Waals surface area contributed by atoms with Crippen LogP contribution in [0.2, 0.25) is 0 Å². The maximum atomic E-state index is 2.49. The van der Waals surface area contributed by atoms with Gasteiger partial charge in [0.25, 0.3) is 0 Å². The third-order valence-electron chi connectivity index (χ3n) is 13.8. The van der Waals surface area contributed by atoms with Gasteiger partial charge in [-0.15, -0.1) is 11.3 Å². The van der Waals surface area contributed by atoms with Gasteiger partial charge < -0.3 is 4.90 Å². The molecule has 13 rings (SSSR count). The molecule has 0 atom stereocenters. The van der Waals surface area contributed by atoms with Crippen LogP contribution >= 0.6 is 11.3 Å². The molecule has 0 bridgehead atoms. The van der Waals surface area contributed by atoms with E-state index in [4.69, 9.17) is 0 Å². The van der Waals surface area contributed by atoms with E-state index in [0.29, 0.717) is 0 Å². The van der Waals surface area contributed by atoms with Gasteiger partial charge in [0.2, 0.25) is 0 Å². The lowest BCUT2D eigenvalue weighted by atomic mass is 9.70. The minimum Gasteiger partial charge on any atom is -0.310 e. The standard InChI is InChI=1S/C57H37NS/c1-56(48-22-10-5-17-40(48)41-18-6-11-23-49(41)56)36-27-30-46-47-34-38(29-32-54(47)59-55(46)33-36)58(37-15-3-2-4-16-37)39-28-31-45-44-21-9-14-26-52(44)57(53(45)35-39)50-24-12-7-19-42(50)43-20-8-13-25-51(43)57/h2-35H,1H3. The summed E-state index contributed by atoms with van der Waals surface area (Å²) in [6.45, 7) is 2.41. The highest BCUT2D eigenvalue weighted by atomic mass is 32.1. The summed E-state index contributed by atoms with van der Waals surface area (Å²) in [4.78, 5) is 2.45. The number of benzene rings is 9. The van der Waals surface area contributed by atoms with E-state index in [1.165, 1.54) is 92.5 Å². The Morgan fingerprint density at radius 1 is 0.339 bits per heavy atom. The lowest BCUT2D eigenvalue weighted by Gasteiger charge is -2.32. The fourth-order valence-electron chi connectivity index (χ4n) is 11.2. The lowest BCUT2D eigenvalue weighted by molar-refractivity contribution is 0.715. The van der Waals surface area contributed by atoms with Gasteiger partial charge in [-0.25, -0.2) is 0 Å². The molecule has 0 saturated heterocycles. The summed E-state index contributed by atoms with van der Waals surface area (Å²) in [6.07, 6.45) is 0. The predicted octanol–water partition coefficient (Wildman–Crippen LogP) is 15.2. The van der Waals surface area contributed by atoms with E-state index in [0.717, 1.165) is 17.1 Å². The normalized spacial score (nSPS) is 14.5. The number of thiophene rings is 1. The van der Waals surface area contributed by atoms with Gasteiger partial charge in [0, 0.05) is 42.6 Å². The Balaban J connectivity index is 0.991. The van der Waals surface area contributed by atoms with Crippen LogP contribution in [0, 0.1) is 0 Å². The van der Waals surface area contributed by atoms with E-state index in [9.17, 15) is 0 Å². The van der Waals surface area contributed by atoms with Gasteiger partial charge in [0.1, 0.15) is 0 Å². The number of anilines is 3. The smallest absolute Gasteiger partial charge is 0.0726 e. The Bertz CT molecular complexity index is 3260. The number of nitrogens with zero attached hydrogens (tertiary/aromatic N) is 1. The largest absolute Gasteiger partial charge is 0.310 e. The van der Waals surface area contributed by atoms with Gasteiger partial charge in [-0.1, -0.05) is 158 Å². The molecule has 0 amide bonds. The Hall–Kier alpha value is -7.00. The maximum Gasteiger partial charge on any atom is 0.0726 e. The van der Waals surface area contributed by atoms with Crippen LogP contribution in [0.1, 0.15) is 45.9 Å². The van der Waals surface area contributed by atoms with E-state index in [1.54, 1.807) is 0 Å². The van der Waals surface area contributed by atoms with Crippen LogP contribution < -0.4 is 4.90 Å². The van der Waals surface area contributed by atoms with E-state index >= 15 is 0 Å². The molecule has 1 aromatic heterocycles. The van der Waals surface area contributed by atoms with Crippen molar-refractivity contribution in [2.24, 2.45) is 0 Å². The second-order valence-corrected chi connectivity index (χ2v) is 17.6. The lowest BCUT2D eigenvalue weighted by Crippen LogP contribution is -2.26. The molecule has 0 fully saturated rings. The SMILES string of the molecule is CC1(c2ccc3c(c2)sc2ccc(N(c4ccccc4)c4ccc5c(c4)C4(c6ccccc6-c6ccccc64)c4ccccc4-5)cc23)c2ccccc2-c2ccccc21. The fraction of sp³-hybridized carbons (Fsp3) is 0.0526. The first-order chi connectivity index (χ1) is 29.1. The van der Waals surface area contributed by atoms with E-state index < -0.39 is 5.41 Å². The molecule has 1 nitrogen and oxygen atoms in total. The van der Waals surface area contributed by atoms with Gasteiger partial charge >= 0.3 is 0 Å². The van der Waals surface area contributed by atoms with Crippen molar-refractivity contribution in [2.45, 2.75) is 17.8 Å². The van der Waals surface area contributed by atoms with Gasteiger partial charge in [0.05, 0.1) is 5.41 Å². The van der Waals surface area contributed by atoms with Crippen LogP contribution in [0.3, 0.4) is 0 Å². The van der Waals surface area contributed by atoms with Crippen LogP contribution in [0.25, 0.3) is 53.6 Å². The van der Waals surface area contributed by atoms with Gasteiger partial charge in [-0.2, -0.15) is 0 Å². The highest BCUT2D eigenvalue weighted by Gasteiger charge is 2.51. The summed E-state index contributed by atoms with van der Waals surface area (Å²) < 4.78 is 2.62. The molecule has 2 heteroatoms. The first-order valence-electron chi connectivity index (χ1n) is 20.6. The highest BCUT2D eigenvalue weighted by molar-refractivity contribution is 7.25. The maximum absolute atomic E-state index is 2.49. The number of rotatable bonds is 4. The first-order valence-corrected chi connectivity index (χ1v) is 21.4. The van der Waals surface area contributed by atoms with Crippen molar-refractivity contribution in [1.82, 2.24) is 0 Å². The minimum absolute atomic E-state index is 0.224. The first kappa shape index (κ1) is 33.0. The van der Waals surface area contributed by atoms with Crippen molar-refractivity contribution >= 4 is 48.6 Å². The van der Waals surface area contributed by atoms with Gasteiger partial charge in [-0.3, -0.25) is 0 Å². The van der Waals surface area contributed by atoms with Crippen molar-refractivity contribution in [2.75, 3.05) is 4.90 Å². The van der Waals surface area contributed by atoms with Crippen molar-refractivity contribution in [3.05, 3.63) is 245 Å². The summed E-state index contributed by atoms with van der Waals surface area (Å²) >= 11 is 1.90. The van der Waals surface area contributed by atoms with Crippen molar-refractivity contribution in [3.8, 4) is 33.4 Å². The summed E-state index contributed by atoms with van der Waals surface area (Å²) in [5.41, 5.74) is 20.3. The summed E-state index contributed by atoms with van der Waals surface area (Å²) in [5.74, 6) is 0. The molecule has 3 aliphatic rings. The summed E-state index contributed by atoms with van der Waals surface area (Å²) in [6, 6.07) is 77.4. The van der Waals surface area contributed by atoms with Crippen LogP contribution in [0.15, 0.2) is 206 Å². The van der Waals surface area contributed by atoms with E-state index in [2.05, 4.69) is 218 Å². The van der Waals surface area contributed by atoms with Crippen molar-refractivity contribution < 1.29 is 0 Å². The topological polar surface area (TPSA) is 3.24 Å². The second-order valence-electron chi connectivity index (χ2n) is 16.5. The molecule has 1 heterocycles. The Labute approximate surface area is 348 Å².